The van der Waals surface area contributed by atoms with Gasteiger partial charge in [0.15, 0.2) is 0 Å². The highest BCUT2D eigenvalue weighted by molar-refractivity contribution is 9.09. The molecule has 0 saturated carbocycles. The van der Waals surface area contributed by atoms with E-state index in [4.69, 9.17) is 0 Å². The molecule has 0 rings (SSSR count). The lowest BCUT2D eigenvalue weighted by molar-refractivity contribution is 1.09. The molecule has 0 heterocycles. The van der Waals surface area contributed by atoms with Gasteiger partial charge in [0.2, 0.25) is 0 Å². The van der Waals surface area contributed by atoms with E-state index in [1.54, 1.807) is 0 Å². The van der Waals surface area contributed by atoms with Gasteiger partial charge in [-0.1, -0.05) is 34.2 Å². The molecule has 0 fully saturated rings. The Hall–Kier alpha value is -0.0400. The molecule has 0 spiro atoms. The average molecular weight is 175 g/mol. The lowest BCUT2D eigenvalue weighted by Crippen LogP contribution is -1.86. The van der Waals surface area contributed by atoms with Crippen LogP contribution in [0.1, 0.15) is 13.3 Å². The summed E-state index contributed by atoms with van der Waals surface area (Å²) >= 11 is 3.44. The lowest BCUT2D eigenvalue weighted by atomic mass is 10.3. The highest BCUT2D eigenvalue weighted by Gasteiger charge is 1.90. The van der Waals surface area contributed by atoms with E-state index in [0.717, 1.165) is 6.42 Å². The molecule has 0 N–H and O–H groups in total. The fraction of sp³-hybridized carbons (Fsp3) is 0.429. The van der Waals surface area contributed by atoms with Crippen molar-refractivity contribution in [2.24, 2.45) is 0 Å². The van der Waals surface area contributed by atoms with Gasteiger partial charge in [-0.3, -0.25) is 0 Å². The molecule has 46 valence electrons. The monoisotopic (exact) mass is 174 g/mol. The molecule has 0 aromatic rings. The minimum Gasteiger partial charge on any atom is -0.103 e. The van der Waals surface area contributed by atoms with Gasteiger partial charge in [0.1, 0.15) is 0 Å². The zero-order chi connectivity index (χ0) is 6.41. The molecular weight excluding hydrogens is 164 g/mol. The second-order valence-electron chi connectivity index (χ2n) is 1.57. The Kier molecular flexibility index (Phi) is 5.08. The predicted octanol–water partition coefficient (Wildman–Crippen LogP) is 2.90. The lowest BCUT2D eigenvalue weighted by Gasteiger charge is -1.94. The second kappa shape index (κ2) is 5.10. The van der Waals surface area contributed by atoms with Crippen molar-refractivity contribution in [2.75, 3.05) is 0 Å². The van der Waals surface area contributed by atoms with Gasteiger partial charge in [-0.25, -0.2) is 0 Å². The van der Waals surface area contributed by atoms with Crippen molar-refractivity contribution in [3.63, 3.8) is 0 Å². The fourth-order valence-corrected chi connectivity index (χ4v) is 1.02. The standard InChI is InChI=1S/C7H11Br/c1-3-5-7(8)6-4-2/h3-4,6-7H,1,5H2,2H3. The maximum absolute atomic E-state index is 3.62. The third kappa shape index (κ3) is 4.13. The first-order valence-corrected chi connectivity index (χ1v) is 3.60. The van der Waals surface area contributed by atoms with Gasteiger partial charge in [-0.15, -0.1) is 6.58 Å². The molecule has 0 aliphatic heterocycles. The molecule has 0 aliphatic carbocycles. The van der Waals surface area contributed by atoms with Crippen LogP contribution in [0.3, 0.4) is 0 Å². The molecule has 0 aromatic heterocycles. The van der Waals surface area contributed by atoms with E-state index < -0.39 is 0 Å². The van der Waals surface area contributed by atoms with Crippen molar-refractivity contribution in [2.45, 2.75) is 18.2 Å². The molecule has 0 amide bonds. The Morgan fingerprint density at radius 3 is 2.75 bits per heavy atom. The van der Waals surface area contributed by atoms with Crippen LogP contribution in [0.4, 0.5) is 0 Å². The SMILES string of the molecule is C=CCC(Br)C=CC. The summed E-state index contributed by atoms with van der Waals surface area (Å²) in [6, 6.07) is 0. The maximum atomic E-state index is 3.62. The van der Waals surface area contributed by atoms with E-state index in [0.29, 0.717) is 4.83 Å². The Balaban J connectivity index is 3.31. The number of halogens is 1. The van der Waals surface area contributed by atoms with E-state index in [9.17, 15) is 0 Å². The van der Waals surface area contributed by atoms with E-state index in [2.05, 4.69) is 28.6 Å². The van der Waals surface area contributed by atoms with Crippen LogP contribution in [0, 0.1) is 0 Å². The first kappa shape index (κ1) is 7.96. The first-order valence-electron chi connectivity index (χ1n) is 2.69. The fourth-order valence-electron chi connectivity index (χ4n) is 0.447. The summed E-state index contributed by atoms with van der Waals surface area (Å²) < 4.78 is 0. The molecule has 1 heteroatoms. The van der Waals surface area contributed by atoms with Gasteiger partial charge in [-0.05, 0) is 13.3 Å². The smallest absolute Gasteiger partial charge is 0.0359 e. The number of hydrogen-bond donors (Lipinski definition) is 0. The second-order valence-corrected chi connectivity index (χ2v) is 2.74. The van der Waals surface area contributed by atoms with Gasteiger partial charge < -0.3 is 0 Å². The summed E-state index contributed by atoms with van der Waals surface area (Å²) in [6.07, 6.45) is 7.04. The largest absolute Gasteiger partial charge is 0.103 e. The van der Waals surface area contributed by atoms with E-state index >= 15 is 0 Å². The van der Waals surface area contributed by atoms with Crippen LogP contribution in [0.15, 0.2) is 24.8 Å². The summed E-state index contributed by atoms with van der Waals surface area (Å²) in [5.74, 6) is 0. The summed E-state index contributed by atoms with van der Waals surface area (Å²) in [5.41, 5.74) is 0. The number of hydrogen-bond acceptors (Lipinski definition) is 0. The predicted molar refractivity (Wildman–Crippen MR) is 42.3 cm³/mol. The van der Waals surface area contributed by atoms with Crippen LogP contribution < -0.4 is 0 Å². The maximum Gasteiger partial charge on any atom is 0.0359 e. The van der Waals surface area contributed by atoms with Crippen molar-refractivity contribution in [1.29, 1.82) is 0 Å². The van der Waals surface area contributed by atoms with E-state index in [-0.39, 0.29) is 0 Å². The summed E-state index contributed by atoms with van der Waals surface area (Å²) in [4.78, 5) is 0.477. The molecule has 0 nitrogen and oxygen atoms in total. The van der Waals surface area contributed by atoms with Gasteiger partial charge in [0.05, 0.1) is 0 Å². The molecule has 0 bridgehead atoms. The molecule has 8 heavy (non-hydrogen) atoms. The molecule has 0 saturated heterocycles. The van der Waals surface area contributed by atoms with Crippen molar-refractivity contribution in [3.8, 4) is 0 Å². The number of allylic oxidation sites excluding steroid dienone is 3. The van der Waals surface area contributed by atoms with Gasteiger partial charge in [-0.2, -0.15) is 0 Å². The van der Waals surface area contributed by atoms with Gasteiger partial charge >= 0.3 is 0 Å². The number of rotatable bonds is 3. The Bertz CT molecular complexity index is 84.4. The number of alkyl halides is 1. The molecule has 1 atom stereocenters. The van der Waals surface area contributed by atoms with Crippen molar-refractivity contribution in [1.82, 2.24) is 0 Å². The van der Waals surface area contributed by atoms with Crippen molar-refractivity contribution in [3.05, 3.63) is 24.8 Å². The molecule has 0 aliphatic rings. The average Bonchev–Trinajstić information content (AvgIpc) is 1.68. The van der Waals surface area contributed by atoms with Crippen LogP contribution in [-0.4, -0.2) is 4.83 Å². The zero-order valence-corrected chi connectivity index (χ0v) is 6.69. The highest BCUT2D eigenvalue weighted by Crippen LogP contribution is 2.05. The molecule has 0 radical (unpaired) electrons. The molecule has 0 aromatic carbocycles. The van der Waals surface area contributed by atoms with Crippen LogP contribution >= 0.6 is 15.9 Å². The van der Waals surface area contributed by atoms with Crippen LogP contribution in [0.25, 0.3) is 0 Å². The van der Waals surface area contributed by atoms with Crippen LogP contribution in [0.5, 0.6) is 0 Å². The highest BCUT2D eigenvalue weighted by atomic mass is 79.9. The minimum atomic E-state index is 0.477. The van der Waals surface area contributed by atoms with Crippen LogP contribution in [0.2, 0.25) is 0 Å². The van der Waals surface area contributed by atoms with Crippen molar-refractivity contribution < 1.29 is 0 Å². The molecular formula is C7H11Br. The van der Waals surface area contributed by atoms with Crippen molar-refractivity contribution >= 4 is 15.9 Å². The van der Waals surface area contributed by atoms with E-state index in [1.165, 1.54) is 0 Å². The Labute approximate surface area is 59.4 Å². The molecule has 1 unspecified atom stereocenters. The third-order valence-electron chi connectivity index (χ3n) is 0.793. The Morgan fingerprint density at radius 1 is 1.75 bits per heavy atom. The summed E-state index contributed by atoms with van der Waals surface area (Å²) in [6.45, 7) is 5.63. The topological polar surface area (TPSA) is 0 Å². The van der Waals surface area contributed by atoms with Crippen LogP contribution in [-0.2, 0) is 0 Å². The zero-order valence-electron chi connectivity index (χ0n) is 5.10. The minimum absolute atomic E-state index is 0.477. The normalized spacial score (nSPS) is 14.2. The van der Waals surface area contributed by atoms with E-state index in [1.807, 2.05) is 19.1 Å². The first-order chi connectivity index (χ1) is 3.81. The Morgan fingerprint density at radius 2 is 2.38 bits per heavy atom. The van der Waals surface area contributed by atoms with Gasteiger partial charge in [0, 0.05) is 4.83 Å². The van der Waals surface area contributed by atoms with Gasteiger partial charge in [0.25, 0.3) is 0 Å². The third-order valence-corrected chi connectivity index (χ3v) is 1.47. The quantitative estimate of drug-likeness (QED) is 0.457. The summed E-state index contributed by atoms with van der Waals surface area (Å²) in [7, 11) is 0. The summed E-state index contributed by atoms with van der Waals surface area (Å²) in [5, 5.41) is 0.